The highest BCUT2D eigenvalue weighted by Gasteiger charge is 2.22. The van der Waals surface area contributed by atoms with Crippen molar-refractivity contribution in [3.05, 3.63) is 34.1 Å². The van der Waals surface area contributed by atoms with Crippen LogP contribution in [0.1, 0.15) is 18.9 Å². The van der Waals surface area contributed by atoms with Crippen LogP contribution in [0.15, 0.2) is 23.0 Å². The first kappa shape index (κ1) is 15.0. The summed E-state index contributed by atoms with van der Waals surface area (Å²) in [7, 11) is 0. The van der Waals surface area contributed by atoms with Crippen LogP contribution in [0.4, 0.5) is 0 Å². The largest absolute Gasteiger partial charge is 0.454 e. The normalized spacial score (nSPS) is 20.9. The van der Waals surface area contributed by atoms with Crippen molar-refractivity contribution in [2.45, 2.75) is 25.9 Å². The fourth-order valence-corrected chi connectivity index (χ4v) is 3.16. The van der Waals surface area contributed by atoms with Crippen molar-refractivity contribution in [1.29, 1.82) is 0 Å². The van der Waals surface area contributed by atoms with E-state index in [2.05, 4.69) is 22.1 Å². The second-order valence-corrected chi connectivity index (χ2v) is 6.29. The third-order valence-electron chi connectivity index (χ3n) is 4.63. The summed E-state index contributed by atoms with van der Waals surface area (Å²) in [5.74, 6) is 1.40. The zero-order valence-electron chi connectivity index (χ0n) is 13.4. The Bertz CT molecular complexity index is 861. The Kier molecular flexibility index (Phi) is 3.65. The van der Waals surface area contributed by atoms with Crippen LogP contribution < -0.4 is 20.3 Å². The van der Waals surface area contributed by atoms with Gasteiger partial charge in [-0.05, 0) is 19.1 Å². The van der Waals surface area contributed by atoms with Gasteiger partial charge in [0.05, 0.1) is 5.52 Å². The zero-order chi connectivity index (χ0) is 16.7. The Labute approximate surface area is 138 Å². The molecule has 0 unspecified atom stereocenters. The molecule has 0 bridgehead atoms. The number of nitrogens with zero attached hydrogens (tertiary/aromatic N) is 1. The minimum Gasteiger partial charge on any atom is -0.454 e. The molecular formula is C17H19N3O4. The highest BCUT2D eigenvalue weighted by atomic mass is 16.7. The van der Waals surface area contributed by atoms with Gasteiger partial charge in [-0.2, -0.15) is 0 Å². The molecule has 0 spiro atoms. The number of rotatable bonds is 2. The number of ether oxygens (including phenoxy) is 2. The number of benzene rings is 1. The number of aromatic nitrogens is 1. The maximum Gasteiger partial charge on any atom is 0.252 e. The van der Waals surface area contributed by atoms with Gasteiger partial charge in [-0.3, -0.25) is 14.5 Å². The maximum absolute atomic E-state index is 12.4. The van der Waals surface area contributed by atoms with Crippen LogP contribution in [0.2, 0.25) is 0 Å². The van der Waals surface area contributed by atoms with Crippen molar-refractivity contribution < 1.29 is 14.3 Å². The van der Waals surface area contributed by atoms with Crippen LogP contribution in [0.25, 0.3) is 10.9 Å². The van der Waals surface area contributed by atoms with Crippen molar-refractivity contribution in [2.24, 2.45) is 0 Å². The first-order chi connectivity index (χ1) is 11.6. The van der Waals surface area contributed by atoms with Gasteiger partial charge in [-0.1, -0.05) is 0 Å². The number of pyridine rings is 1. The number of hydrogen-bond donors (Lipinski definition) is 2. The molecule has 1 fully saturated rings. The minimum atomic E-state index is -0.114. The number of aromatic amines is 1. The van der Waals surface area contributed by atoms with Crippen LogP contribution in [0.5, 0.6) is 11.5 Å². The molecular weight excluding hydrogens is 310 g/mol. The molecule has 2 aromatic rings. The summed E-state index contributed by atoms with van der Waals surface area (Å²) in [6, 6.07) is 5.75. The summed E-state index contributed by atoms with van der Waals surface area (Å²) in [6.07, 6.45) is 0.453. The summed E-state index contributed by atoms with van der Waals surface area (Å²) in [5, 5.41) is 3.79. The molecule has 3 heterocycles. The molecule has 126 valence electrons. The van der Waals surface area contributed by atoms with Crippen LogP contribution in [-0.2, 0) is 11.3 Å². The standard InChI is InChI=1S/C17H19N3O4/c1-10-7-18-16(21)2-3-20(10)8-12-4-11-5-14-15(24-9-23-14)6-13(11)19-17(12)22/h4-6,10H,2-3,7-9H2,1H3,(H,18,21)(H,19,22)/t10-/m1/s1. The first-order valence-electron chi connectivity index (χ1n) is 8.06. The van der Waals surface area contributed by atoms with E-state index in [1.165, 1.54) is 0 Å². The van der Waals surface area contributed by atoms with Crippen LogP contribution >= 0.6 is 0 Å². The van der Waals surface area contributed by atoms with Crippen molar-refractivity contribution in [3.8, 4) is 11.5 Å². The molecule has 0 saturated carbocycles. The van der Waals surface area contributed by atoms with Gasteiger partial charge in [0.2, 0.25) is 12.7 Å². The number of amides is 1. The molecule has 7 nitrogen and oxygen atoms in total. The van der Waals surface area contributed by atoms with E-state index in [1.807, 2.05) is 12.1 Å². The number of carbonyl (C=O) groups excluding carboxylic acids is 1. The average molecular weight is 329 g/mol. The highest BCUT2D eigenvalue weighted by Crippen LogP contribution is 2.35. The fraction of sp³-hybridized carbons (Fsp3) is 0.412. The van der Waals surface area contributed by atoms with Gasteiger partial charge in [0, 0.05) is 49.1 Å². The lowest BCUT2D eigenvalue weighted by Crippen LogP contribution is -2.38. The highest BCUT2D eigenvalue weighted by molar-refractivity contribution is 5.83. The molecule has 0 aliphatic carbocycles. The fourth-order valence-electron chi connectivity index (χ4n) is 3.16. The maximum atomic E-state index is 12.4. The molecule has 0 radical (unpaired) electrons. The van der Waals surface area contributed by atoms with E-state index in [4.69, 9.17) is 9.47 Å². The van der Waals surface area contributed by atoms with E-state index < -0.39 is 0 Å². The minimum absolute atomic E-state index is 0.0597. The monoisotopic (exact) mass is 329 g/mol. The lowest BCUT2D eigenvalue weighted by Gasteiger charge is -2.25. The van der Waals surface area contributed by atoms with Gasteiger partial charge in [-0.15, -0.1) is 0 Å². The third-order valence-corrected chi connectivity index (χ3v) is 4.63. The second-order valence-electron chi connectivity index (χ2n) is 6.29. The van der Waals surface area contributed by atoms with E-state index >= 15 is 0 Å². The molecule has 2 aliphatic heterocycles. The van der Waals surface area contributed by atoms with E-state index in [0.29, 0.717) is 43.1 Å². The first-order valence-corrected chi connectivity index (χ1v) is 8.06. The van der Waals surface area contributed by atoms with Crippen molar-refractivity contribution in [2.75, 3.05) is 19.9 Å². The average Bonchev–Trinajstić information content (AvgIpc) is 2.95. The molecule has 1 amide bonds. The molecule has 24 heavy (non-hydrogen) atoms. The van der Waals surface area contributed by atoms with E-state index in [1.54, 1.807) is 6.07 Å². The van der Waals surface area contributed by atoms with Crippen LogP contribution in [0.3, 0.4) is 0 Å². The van der Waals surface area contributed by atoms with E-state index in [-0.39, 0.29) is 24.3 Å². The number of nitrogens with one attached hydrogen (secondary N) is 2. The number of H-pyrrole nitrogens is 1. The predicted molar refractivity (Wildman–Crippen MR) is 88.2 cm³/mol. The Hall–Kier alpha value is -2.54. The zero-order valence-corrected chi connectivity index (χ0v) is 13.4. The van der Waals surface area contributed by atoms with Crippen molar-refractivity contribution >= 4 is 16.8 Å². The van der Waals surface area contributed by atoms with Crippen molar-refractivity contribution in [3.63, 3.8) is 0 Å². The van der Waals surface area contributed by atoms with Crippen LogP contribution in [-0.4, -0.2) is 41.7 Å². The number of hydrogen-bond acceptors (Lipinski definition) is 5. The quantitative estimate of drug-likeness (QED) is 0.858. The Balaban J connectivity index is 1.66. The lowest BCUT2D eigenvalue weighted by molar-refractivity contribution is -0.120. The van der Waals surface area contributed by atoms with E-state index in [9.17, 15) is 9.59 Å². The summed E-state index contributed by atoms with van der Waals surface area (Å²) in [4.78, 5) is 29.0. The van der Waals surface area contributed by atoms with Gasteiger partial charge in [-0.25, -0.2) is 0 Å². The lowest BCUT2D eigenvalue weighted by atomic mass is 10.1. The topological polar surface area (TPSA) is 83.7 Å². The summed E-state index contributed by atoms with van der Waals surface area (Å²) in [6.45, 7) is 4.01. The smallest absolute Gasteiger partial charge is 0.252 e. The number of fused-ring (bicyclic) bond motifs is 2. The molecule has 1 atom stereocenters. The van der Waals surface area contributed by atoms with Gasteiger partial charge in [0.15, 0.2) is 11.5 Å². The van der Waals surface area contributed by atoms with Crippen LogP contribution in [0, 0.1) is 0 Å². The van der Waals surface area contributed by atoms with Gasteiger partial charge >= 0.3 is 0 Å². The summed E-state index contributed by atoms with van der Waals surface area (Å²) in [5.41, 5.74) is 1.30. The van der Waals surface area contributed by atoms with Crippen molar-refractivity contribution in [1.82, 2.24) is 15.2 Å². The molecule has 1 saturated heterocycles. The molecule has 7 heteroatoms. The number of carbonyl (C=O) groups is 1. The molecule has 2 aliphatic rings. The molecule has 1 aromatic carbocycles. The molecule has 4 rings (SSSR count). The summed E-state index contributed by atoms with van der Waals surface area (Å²) >= 11 is 0. The third kappa shape index (κ3) is 2.71. The van der Waals surface area contributed by atoms with Gasteiger partial charge in [0.25, 0.3) is 5.56 Å². The molecule has 1 aromatic heterocycles. The predicted octanol–water partition coefficient (Wildman–Crippen LogP) is 0.967. The second kappa shape index (κ2) is 5.83. The summed E-state index contributed by atoms with van der Waals surface area (Å²) < 4.78 is 10.7. The SMILES string of the molecule is C[C@@H]1CNC(=O)CCN1Cc1cc2cc3c(cc2[nH]c1=O)OCO3. The van der Waals surface area contributed by atoms with Gasteiger partial charge in [0.1, 0.15) is 0 Å². The Morgan fingerprint density at radius 1 is 1.21 bits per heavy atom. The Morgan fingerprint density at radius 3 is 2.83 bits per heavy atom. The van der Waals surface area contributed by atoms with E-state index in [0.717, 1.165) is 10.9 Å². The van der Waals surface area contributed by atoms with Gasteiger partial charge < -0.3 is 19.8 Å². The molecule has 2 N–H and O–H groups in total. The Morgan fingerprint density at radius 2 is 2.00 bits per heavy atom.